The molecule has 4 nitrogen and oxygen atoms in total. The minimum Gasteiger partial charge on any atom is -0.744 e. The van der Waals surface area contributed by atoms with Gasteiger partial charge in [-0.2, -0.15) is 0 Å². The quantitative estimate of drug-likeness (QED) is 0.0712. The zero-order valence-corrected chi connectivity index (χ0v) is 27.3. The molecule has 0 aliphatic heterocycles. The molecule has 0 saturated heterocycles. The van der Waals surface area contributed by atoms with Crippen LogP contribution in [0.4, 0.5) is 0 Å². The molecule has 0 amide bonds. The van der Waals surface area contributed by atoms with Gasteiger partial charge in [0.25, 0.3) is 0 Å². The molecular formula is C37H46O4S2. The largest absolute Gasteiger partial charge is 0.744 e. The van der Waals surface area contributed by atoms with E-state index in [1.54, 1.807) is 12.1 Å². The van der Waals surface area contributed by atoms with Crippen molar-refractivity contribution < 1.29 is 17.7 Å². The summed E-state index contributed by atoms with van der Waals surface area (Å²) in [6, 6.07) is 36.1. The fraction of sp³-hybridized carbons (Fsp3) is 0.351. The summed E-state index contributed by atoms with van der Waals surface area (Å²) in [5, 5.41) is 0. The van der Waals surface area contributed by atoms with E-state index in [0.29, 0.717) is 0 Å². The van der Waals surface area contributed by atoms with Crippen molar-refractivity contribution in [2.24, 2.45) is 0 Å². The van der Waals surface area contributed by atoms with Crippen molar-refractivity contribution in [2.75, 3.05) is 6.61 Å². The monoisotopic (exact) mass is 618 g/mol. The van der Waals surface area contributed by atoms with Gasteiger partial charge in [-0.05, 0) is 74.0 Å². The molecule has 0 atom stereocenters. The normalized spacial score (nSPS) is 11.2. The molecule has 0 spiro atoms. The lowest BCUT2D eigenvalue weighted by Gasteiger charge is -2.10. The van der Waals surface area contributed by atoms with Crippen molar-refractivity contribution in [3.05, 3.63) is 115 Å². The van der Waals surface area contributed by atoms with Gasteiger partial charge < -0.3 is 9.29 Å². The van der Waals surface area contributed by atoms with E-state index in [1.165, 1.54) is 84.6 Å². The fourth-order valence-electron chi connectivity index (χ4n) is 4.68. The Balaban J connectivity index is 0.000000386. The van der Waals surface area contributed by atoms with Gasteiger partial charge in [-0.25, -0.2) is 8.42 Å². The van der Waals surface area contributed by atoms with E-state index in [-0.39, 0.29) is 15.8 Å². The average molecular weight is 619 g/mol. The van der Waals surface area contributed by atoms with Crippen LogP contribution >= 0.6 is 0 Å². The molecule has 6 heteroatoms. The van der Waals surface area contributed by atoms with Gasteiger partial charge >= 0.3 is 0 Å². The van der Waals surface area contributed by atoms with Crippen LogP contribution in [0.3, 0.4) is 0 Å². The first-order valence-corrected chi connectivity index (χ1v) is 18.1. The number of aryl methyl sites for hydroxylation is 1. The van der Waals surface area contributed by atoms with Crippen molar-refractivity contribution in [1.29, 1.82) is 0 Å². The lowest BCUT2D eigenvalue weighted by Crippen LogP contribution is -2.04. The SMILES string of the molecule is CCCCCCCCCCCCOc1ccc([S+](c2ccccc2)c2ccccc2)cc1.Cc1ccc(S(=O)(=O)[O-])cc1. The molecule has 0 N–H and O–H groups in total. The first-order valence-electron chi connectivity index (χ1n) is 15.5. The molecule has 230 valence electrons. The number of hydrogen-bond acceptors (Lipinski definition) is 4. The van der Waals surface area contributed by atoms with Crippen LogP contribution in [0.15, 0.2) is 129 Å². The lowest BCUT2D eigenvalue weighted by atomic mass is 10.1. The Hall–Kier alpha value is -3.06. The molecule has 4 aromatic rings. The van der Waals surface area contributed by atoms with Crippen LogP contribution in [0.5, 0.6) is 5.75 Å². The highest BCUT2D eigenvalue weighted by atomic mass is 32.2. The summed E-state index contributed by atoms with van der Waals surface area (Å²) >= 11 is 0. The van der Waals surface area contributed by atoms with Crippen molar-refractivity contribution in [3.63, 3.8) is 0 Å². The summed E-state index contributed by atoms with van der Waals surface area (Å²) in [6.07, 6.45) is 13.5. The molecule has 0 aromatic heterocycles. The molecule has 0 fully saturated rings. The summed E-state index contributed by atoms with van der Waals surface area (Å²) in [5.41, 5.74) is 0.928. The number of ether oxygens (including phenoxy) is 1. The molecule has 0 aliphatic rings. The van der Waals surface area contributed by atoms with E-state index in [0.717, 1.165) is 24.3 Å². The molecule has 4 rings (SSSR count). The zero-order valence-electron chi connectivity index (χ0n) is 25.6. The van der Waals surface area contributed by atoms with E-state index in [4.69, 9.17) is 4.74 Å². The molecule has 0 aliphatic carbocycles. The zero-order chi connectivity index (χ0) is 30.8. The molecule has 0 radical (unpaired) electrons. The highest BCUT2D eigenvalue weighted by Crippen LogP contribution is 2.32. The van der Waals surface area contributed by atoms with Gasteiger partial charge in [-0.1, -0.05) is 119 Å². The van der Waals surface area contributed by atoms with Crippen LogP contribution in [-0.4, -0.2) is 19.6 Å². The topological polar surface area (TPSA) is 66.4 Å². The Morgan fingerprint density at radius 2 is 1.02 bits per heavy atom. The Bertz CT molecular complexity index is 1350. The van der Waals surface area contributed by atoms with Crippen LogP contribution in [0, 0.1) is 6.92 Å². The van der Waals surface area contributed by atoms with Crippen molar-refractivity contribution in [3.8, 4) is 5.75 Å². The summed E-state index contributed by atoms with van der Waals surface area (Å²) in [7, 11) is -4.36. The van der Waals surface area contributed by atoms with Crippen molar-refractivity contribution in [2.45, 2.75) is 97.6 Å². The van der Waals surface area contributed by atoms with Crippen molar-refractivity contribution >= 4 is 21.0 Å². The molecule has 0 bridgehead atoms. The van der Waals surface area contributed by atoms with Gasteiger partial charge in [-0.15, -0.1) is 0 Å². The van der Waals surface area contributed by atoms with E-state index in [9.17, 15) is 13.0 Å². The molecule has 4 aromatic carbocycles. The van der Waals surface area contributed by atoms with Crippen LogP contribution in [0.25, 0.3) is 0 Å². The lowest BCUT2D eigenvalue weighted by molar-refractivity contribution is 0.304. The number of hydrogen-bond donors (Lipinski definition) is 0. The minimum atomic E-state index is -4.27. The van der Waals surface area contributed by atoms with E-state index in [1.807, 2.05) is 6.92 Å². The Morgan fingerprint density at radius 1 is 0.581 bits per heavy atom. The summed E-state index contributed by atoms with van der Waals surface area (Å²) in [6.45, 7) is 4.92. The summed E-state index contributed by atoms with van der Waals surface area (Å²) in [4.78, 5) is 3.84. The smallest absolute Gasteiger partial charge is 0.166 e. The number of benzene rings is 4. The third-order valence-electron chi connectivity index (χ3n) is 7.09. The predicted octanol–water partition coefficient (Wildman–Crippen LogP) is 9.98. The Labute approximate surface area is 262 Å². The van der Waals surface area contributed by atoms with Gasteiger partial charge in [-0.3, -0.25) is 0 Å². The Kier molecular flexibility index (Phi) is 15.4. The Morgan fingerprint density at radius 3 is 1.49 bits per heavy atom. The van der Waals surface area contributed by atoms with Crippen molar-refractivity contribution in [1.82, 2.24) is 0 Å². The van der Waals surface area contributed by atoms with Crippen LogP contribution < -0.4 is 4.74 Å². The standard InChI is InChI=1S/C30H39OS.C7H8O3S/c1-2-3-4-5-6-7-8-9-10-17-26-31-27-22-24-30(25-23-27)32(28-18-13-11-14-19-28)29-20-15-12-16-21-29;1-6-2-4-7(5-3-6)11(8,9)10/h11-16,18-25H,2-10,17,26H2,1H3;2-5H,1H3,(H,8,9,10)/q+1;/p-1. The molecular weight excluding hydrogens is 573 g/mol. The van der Waals surface area contributed by atoms with E-state index in [2.05, 4.69) is 91.9 Å². The predicted molar refractivity (Wildman–Crippen MR) is 178 cm³/mol. The fourth-order valence-corrected chi connectivity index (χ4v) is 7.23. The second kappa shape index (κ2) is 19.3. The van der Waals surface area contributed by atoms with Gasteiger partial charge in [0.2, 0.25) is 0 Å². The summed E-state index contributed by atoms with van der Waals surface area (Å²) < 4.78 is 37.2. The molecule has 0 saturated carbocycles. The van der Waals surface area contributed by atoms with Gasteiger partial charge in [0.15, 0.2) is 14.7 Å². The highest BCUT2D eigenvalue weighted by molar-refractivity contribution is 7.97. The maximum Gasteiger partial charge on any atom is 0.166 e. The second-order valence-corrected chi connectivity index (χ2v) is 14.1. The molecule has 0 heterocycles. The first-order chi connectivity index (χ1) is 20.9. The van der Waals surface area contributed by atoms with Gasteiger partial charge in [0.1, 0.15) is 15.9 Å². The van der Waals surface area contributed by atoms with Crippen LogP contribution in [0.2, 0.25) is 0 Å². The number of unbranched alkanes of at least 4 members (excludes halogenated alkanes) is 9. The first kappa shape index (κ1) is 34.4. The van der Waals surface area contributed by atoms with E-state index < -0.39 is 10.1 Å². The molecule has 43 heavy (non-hydrogen) atoms. The number of rotatable bonds is 16. The maximum absolute atomic E-state index is 10.4. The third kappa shape index (κ3) is 13.0. The van der Waals surface area contributed by atoms with Crippen LogP contribution in [0.1, 0.15) is 76.7 Å². The third-order valence-corrected chi connectivity index (χ3v) is 10.2. The maximum atomic E-state index is 10.4. The average Bonchev–Trinajstić information content (AvgIpc) is 3.02. The van der Waals surface area contributed by atoms with Crippen LogP contribution in [-0.2, 0) is 21.0 Å². The summed E-state index contributed by atoms with van der Waals surface area (Å²) in [5.74, 6) is 0.981. The second-order valence-electron chi connectivity index (χ2n) is 10.7. The molecule has 0 unspecified atom stereocenters. The van der Waals surface area contributed by atoms with Gasteiger partial charge in [0.05, 0.1) is 22.4 Å². The van der Waals surface area contributed by atoms with Gasteiger partial charge in [0, 0.05) is 0 Å². The highest BCUT2D eigenvalue weighted by Gasteiger charge is 2.28. The minimum absolute atomic E-state index is 0.0938. The van der Waals surface area contributed by atoms with E-state index >= 15 is 0 Å².